The van der Waals surface area contributed by atoms with Crippen molar-refractivity contribution in [1.82, 2.24) is 10.1 Å². The molecule has 0 fully saturated rings. The molecule has 1 atom stereocenters. The monoisotopic (exact) mass is 449 g/mol. The van der Waals surface area contributed by atoms with Crippen LogP contribution >= 0.6 is 23.4 Å². The number of phenols is 1. The third-order valence-electron chi connectivity index (χ3n) is 5.09. The normalized spacial score (nSPS) is 14.4. The average Bonchev–Trinajstić information content (AvgIpc) is 2.79. The van der Waals surface area contributed by atoms with Gasteiger partial charge >= 0.3 is 11.3 Å². The van der Waals surface area contributed by atoms with Gasteiger partial charge in [0.15, 0.2) is 0 Å². The third kappa shape index (κ3) is 3.78. The number of fused-ring (bicyclic) bond motifs is 3. The summed E-state index contributed by atoms with van der Waals surface area (Å²) >= 11 is 7.62. The molecule has 1 aliphatic heterocycles. The van der Waals surface area contributed by atoms with Gasteiger partial charge in [0, 0.05) is 16.4 Å². The lowest BCUT2D eigenvalue weighted by molar-refractivity contribution is -0.759. The summed E-state index contributed by atoms with van der Waals surface area (Å²) in [4.78, 5) is 16.1. The number of hydrogen-bond donors (Lipinski definition) is 3. The van der Waals surface area contributed by atoms with Crippen LogP contribution in [0.25, 0.3) is 11.3 Å². The first kappa shape index (κ1) is 19.7. The molecule has 8 heteroatoms. The van der Waals surface area contributed by atoms with Crippen LogP contribution in [0.4, 0.5) is 5.69 Å². The quantitative estimate of drug-likeness (QED) is 0.319. The van der Waals surface area contributed by atoms with Gasteiger partial charge in [-0.1, -0.05) is 65.8 Å². The van der Waals surface area contributed by atoms with Crippen LogP contribution in [0.3, 0.4) is 0 Å². The van der Waals surface area contributed by atoms with Gasteiger partial charge in [-0.15, -0.1) is 0 Å². The summed E-state index contributed by atoms with van der Waals surface area (Å²) in [5.74, 6) is 0.688. The van der Waals surface area contributed by atoms with Gasteiger partial charge in [-0.3, -0.25) is 9.78 Å². The highest BCUT2D eigenvalue weighted by Gasteiger charge is 2.37. The molecule has 154 valence electrons. The summed E-state index contributed by atoms with van der Waals surface area (Å²) in [6.07, 6.45) is -0.457. The fourth-order valence-electron chi connectivity index (χ4n) is 3.60. The highest BCUT2D eigenvalue weighted by Crippen LogP contribution is 2.33. The fourth-order valence-corrected chi connectivity index (χ4v) is 4.59. The van der Waals surface area contributed by atoms with E-state index in [9.17, 15) is 9.90 Å². The first-order valence-electron chi connectivity index (χ1n) is 9.67. The number of aromatic hydroxyl groups is 1. The molecule has 0 unspecified atom stereocenters. The molecule has 0 spiro atoms. The Morgan fingerprint density at radius 3 is 2.65 bits per heavy atom. The predicted molar refractivity (Wildman–Crippen MR) is 121 cm³/mol. The molecule has 4 aromatic rings. The van der Waals surface area contributed by atoms with E-state index in [1.807, 2.05) is 54.6 Å². The smallest absolute Gasteiger partial charge is 0.325 e. The number of halogens is 1. The summed E-state index contributed by atoms with van der Waals surface area (Å²) in [7, 11) is 0. The summed E-state index contributed by atoms with van der Waals surface area (Å²) in [5.41, 5.74) is 3.77. The maximum Gasteiger partial charge on any atom is 0.325 e. The van der Waals surface area contributed by atoms with E-state index >= 15 is 0 Å². The van der Waals surface area contributed by atoms with Crippen molar-refractivity contribution in [3.63, 3.8) is 0 Å². The van der Waals surface area contributed by atoms with Crippen molar-refractivity contribution in [2.45, 2.75) is 17.1 Å². The number of rotatable bonds is 4. The topological polar surface area (TPSA) is 81.9 Å². The molecular weight excluding hydrogens is 432 g/mol. The molecule has 6 nitrogen and oxygen atoms in total. The van der Waals surface area contributed by atoms with E-state index in [0.29, 0.717) is 16.6 Å². The molecule has 0 radical (unpaired) electrons. The van der Waals surface area contributed by atoms with E-state index in [2.05, 4.69) is 10.3 Å². The molecule has 5 rings (SSSR count). The van der Waals surface area contributed by atoms with Gasteiger partial charge in [0.05, 0.1) is 16.3 Å². The first-order chi connectivity index (χ1) is 15.1. The Morgan fingerprint density at radius 1 is 1.06 bits per heavy atom. The van der Waals surface area contributed by atoms with Gasteiger partial charge in [0.1, 0.15) is 5.75 Å². The van der Waals surface area contributed by atoms with Crippen LogP contribution in [0, 0.1) is 0 Å². The molecule has 0 saturated carbocycles. The number of phenolic OH excluding ortho intramolecular Hbond substituents is 1. The van der Waals surface area contributed by atoms with Crippen LogP contribution in [0.2, 0.25) is 5.02 Å². The molecule has 0 saturated heterocycles. The minimum atomic E-state index is -0.457. The highest BCUT2D eigenvalue weighted by molar-refractivity contribution is 7.98. The van der Waals surface area contributed by atoms with Gasteiger partial charge in [0.2, 0.25) is 5.16 Å². The Morgan fingerprint density at radius 2 is 1.84 bits per heavy atom. The first-order valence-corrected chi connectivity index (χ1v) is 11.0. The zero-order valence-electron chi connectivity index (χ0n) is 16.2. The number of hydrogen-bond acceptors (Lipinski definition) is 5. The number of anilines is 1. The van der Waals surface area contributed by atoms with Crippen LogP contribution in [-0.2, 0) is 5.75 Å². The molecule has 3 aromatic carbocycles. The van der Waals surface area contributed by atoms with Gasteiger partial charge in [-0.05, 0) is 40.6 Å². The lowest BCUT2D eigenvalue weighted by Crippen LogP contribution is -2.55. The predicted octanol–water partition coefficient (Wildman–Crippen LogP) is 4.35. The van der Waals surface area contributed by atoms with Crippen molar-refractivity contribution < 1.29 is 9.79 Å². The Kier molecular flexibility index (Phi) is 5.13. The number of para-hydroxylation sites is 1. The molecule has 31 heavy (non-hydrogen) atoms. The van der Waals surface area contributed by atoms with E-state index < -0.39 is 6.17 Å². The summed E-state index contributed by atoms with van der Waals surface area (Å²) in [6, 6.07) is 22.6. The number of benzene rings is 3. The fraction of sp³-hybridized carbons (Fsp3) is 0.0870. The van der Waals surface area contributed by atoms with Gasteiger partial charge in [-0.2, -0.15) is 0 Å². The summed E-state index contributed by atoms with van der Waals surface area (Å²) in [6.45, 7) is 0. The van der Waals surface area contributed by atoms with Gasteiger partial charge < -0.3 is 10.4 Å². The van der Waals surface area contributed by atoms with Crippen molar-refractivity contribution in [2.24, 2.45) is 0 Å². The summed E-state index contributed by atoms with van der Waals surface area (Å²) in [5, 5.41) is 18.8. The van der Waals surface area contributed by atoms with Crippen LogP contribution in [0.5, 0.6) is 5.75 Å². The van der Waals surface area contributed by atoms with Crippen LogP contribution in [0.1, 0.15) is 17.3 Å². The van der Waals surface area contributed by atoms with E-state index in [-0.39, 0.29) is 16.3 Å². The number of H-pyrrole nitrogens is 1. The minimum absolute atomic E-state index is 0.00447. The Labute approximate surface area is 187 Å². The number of thioether (sulfide) groups is 1. The lowest BCUT2D eigenvalue weighted by Gasteiger charge is -2.22. The molecule has 2 heterocycles. The van der Waals surface area contributed by atoms with Crippen molar-refractivity contribution in [3.8, 4) is 17.0 Å². The van der Waals surface area contributed by atoms with Crippen LogP contribution in [-0.4, -0.2) is 15.2 Å². The minimum Gasteiger partial charge on any atom is -0.506 e. The van der Waals surface area contributed by atoms with E-state index in [4.69, 9.17) is 16.7 Å². The molecule has 0 amide bonds. The maximum atomic E-state index is 13.1. The third-order valence-corrected chi connectivity index (χ3v) is 6.33. The van der Waals surface area contributed by atoms with Gasteiger partial charge in [0.25, 0.3) is 6.17 Å². The maximum absolute atomic E-state index is 13.1. The lowest BCUT2D eigenvalue weighted by atomic mass is 10.0. The second-order valence-corrected chi connectivity index (χ2v) is 8.50. The molecular formula is C23H18ClN4O2S+. The van der Waals surface area contributed by atoms with E-state index in [1.54, 1.807) is 22.9 Å². The Hall–Kier alpha value is -3.29. The second kappa shape index (κ2) is 8.09. The second-order valence-electron chi connectivity index (χ2n) is 7.13. The van der Waals surface area contributed by atoms with Gasteiger partial charge in [-0.25, -0.2) is 0 Å². The highest BCUT2D eigenvalue weighted by atomic mass is 35.5. The molecule has 1 aromatic heterocycles. The van der Waals surface area contributed by atoms with Crippen molar-refractivity contribution >= 4 is 29.1 Å². The Balaban J connectivity index is 1.61. The zero-order valence-corrected chi connectivity index (χ0v) is 17.8. The average molecular weight is 450 g/mol. The van der Waals surface area contributed by atoms with E-state index in [0.717, 1.165) is 22.4 Å². The SMILES string of the molecule is O=c1[nH]c(SCc2ccccc2)n[n+]2c1-c1ccccc1N[C@H]2c1ccc(O)c(Cl)c1. The standard InChI is InChI=1S/C23H17ClN4O2S/c24-17-12-15(10-11-19(17)29)21-25-18-9-5-4-8-16(18)20-22(30)26-23(27-28(20)21)31-13-14-6-2-1-3-7-14/h1-12,21H,13H2,(H2,26,27,29,30)/p+1/t21-/m1/s1. The number of nitrogens with zero attached hydrogens (tertiary/aromatic N) is 2. The number of aromatic nitrogens is 3. The molecule has 0 bridgehead atoms. The molecule has 1 aliphatic rings. The Bertz CT molecular complexity index is 1330. The molecule has 0 aliphatic carbocycles. The van der Waals surface area contributed by atoms with Crippen LogP contribution in [0.15, 0.2) is 82.7 Å². The van der Waals surface area contributed by atoms with Crippen molar-refractivity contribution in [1.29, 1.82) is 0 Å². The largest absolute Gasteiger partial charge is 0.506 e. The molecule has 3 N–H and O–H groups in total. The van der Waals surface area contributed by atoms with E-state index in [1.165, 1.54) is 11.8 Å². The summed E-state index contributed by atoms with van der Waals surface area (Å²) < 4.78 is 1.69. The zero-order chi connectivity index (χ0) is 21.4. The van der Waals surface area contributed by atoms with Crippen LogP contribution < -0.4 is 15.6 Å². The van der Waals surface area contributed by atoms with Crippen molar-refractivity contribution in [3.05, 3.63) is 99.3 Å². The van der Waals surface area contributed by atoms with Crippen molar-refractivity contribution in [2.75, 3.05) is 5.32 Å². The number of nitrogens with one attached hydrogen (secondary N) is 2. The number of aromatic amines is 1.